The maximum Gasteiger partial charge on any atom is 0.459 e. The summed E-state index contributed by atoms with van der Waals surface area (Å²) in [6.07, 6.45) is 1.45. The van der Waals surface area contributed by atoms with Crippen LogP contribution >= 0.6 is 7.75 Å². The van der Waals surface area contributed by atoms with Crippen LogP contribution in [0.3, 0.4) is 0 Å². The maximum absolute atomic E-state index is 14.4. The molecule has 1 saturated heterocycles. The van der Waals surface area contributed by atoms with Crippen molar-refractivity contribution in [2.24, 2.45) is 0 Å². The maximum atomic E-state index is 14.4. The van der Waals surface area contributed by atoms with E-state index < -0.39 is 50.4 Å². The van der Waals surface area contributed by atoms with E-state index in [-0.39, 0.29) is 29.8 Å². The fourth-order valence-electron chi connectivity index (χ4n) is 5.71. The number of nitrogens with two attached hydrogens (primary N) is 1. The summed E-state index contributed by atoms with van der Waals surface area (Å²) >= 11 is 0. The van der Waals surface area contributed by atoms with Crippen molar-refractivity contribution in [3.05, 3.63) is 48.8 Å². The number of aliphatic hydroxyl groups is 2. The smallest absolute Gasteiger partial charge is 0.459 e. The van der Waals surface area contributed by atoms with Gasteiger partial charge in [-0.2, -0.15) is 15.1 Å². The van der Waals surface area contributed by atoms with Crippen molar-refractivity contribution in [1.29, 1.82) is 0 Å². The second kappa shape index (κ2) is 13.7. The molecule has 0 spiro atoms. The lowest BCUT2D eigenvalue weighted by atomic mass is 9.96. The van der Waals surface area contributed by atoms with Gasteiger partial charge in [0.15, 0.2) is 17.4 Å². The van der Waals surface area contributed by atoms with E-state index in [1.165, 1.54) is 24.7 Å². The predicted molar refractivity (Wildman–Crippen MR) is 171 cm³/mol. The van der Waals surface area contributed by atoms with E-state index >= 15 is 0 Å². The number of aliphatic hydroxyl groups excluding tert-OH is 1. The van der Waals surface area contributed by atoms with E-state index in [0.717, 1.165) is 31.1 Å². The lowest BCUT2D eigenvalue weighted by Crippen LogP contribution is -2.44. The van der Waals surface area contributed by atoms with Crippen molar-refractivity contribution in [3.63, 3.8) is 0 Å². The van der Waals surface area contributed by atoms with Crippen molar-refractivity contribution in [1.82, 2.24) is 24.6 Å². The van der Waals surface area contributed by atoms with Gasteiger partial charge >= 0.3 is 13.7 Å². The summed E-state index contributed by atoms with van der Waals surface area (Å²) < 4.78 is 45.1. The molecule has 6 bridgehead atoms. The molecular formula is C31H39N6O9P. The van der Waals surface area contributed by atoms with Crippen LogP contribution in [-0.4, -0.2) is 79.4 Å². The molecule has 0 radical (unpaired) electrons. The Morgan fingerprint density at radius 2 is 1.79 bits per heavy atom. The second-order valence-electron chi connectivity index (χ2n) is 11.9. The number of nitrogens with one attached hydrogen (secondary N) is 1. The van der Waals surface area contributed by atoms with Crippen molar-refractivity contribution in [2.75, 3.05) is 25.6 Å². The standard InChI is InChI=1S/C31H39N6O9P/c1-19-28(39)43-16-9-5-3-4-8-15-42-27-24-26(34-30(32)35-27)37(18-33-24)29-31(2,40)25(38)23(45-29)17-44-47(41,36-19)46-22-14-10-12-20-11-6-7-13-21(20)22/h6-7,10-14,18-19,23,25,29,38,40H,3-5,8-9,15-17H2,1-2H3,(H,36,41)(H2,32,34,35). The van der Waals surface area contributed by atoms with E-state index in [1.54, 1.807) is 18.2 Å². The lowest BCUT2D eigenvalue weighted by Gasteiger charge is -2.27. The largest absolute Gasteiger partial charge is 0.476 e. The molecule has 2 aliphatic heterocycles. The third-order valence-corrected chi connectivity index (χ3v) is 9.90. The third-order valence-electron chi connectivity index (χ3n) is 8.27. The summed E-state index contributed by atoms with van der Waals surface area (Å²) in [6, 6.07) is 11.5. The molecule has 47 heavy (non-hydrogen) atoms. The summed E-state index contributed by atoms with van der Waals surface area (Å²) in [5.74, 6) is -0.261. The zero-order valence-electron chi connectivity index (χ0n) is 26.2. The first-order valence-corrected chi connectivity index (χ1v) is 17.1. The number of nitrogens with zero attached hydrogens (tertiary/aromatic N) is 4. The van der Waals surface area contributed by atoms with Crippen LogP contribution in [0.1, 0.15) is 52.2 Å². The minimum atomic E-state index is -4.35. The Labute approximate surface area is 270 Å². The van der Waals surface area contributed by atoms with E-state index in [4.69, 9.17) is 29.0 Å². The Hall–Kier alpha value is -3.85. The third kappa shape index (κ3) is 7.05. The molecule has 6 unspecified atom stereocenters. The van der Waals surface area contributed by atoms with Gasteiger partial charge < -0.3 is 34.7 Å². The minimum absolute atomic E-state index is 0.0666. The number of nitrogen functional groups attached to an aromatic ring is 1. The number of hydrogen-bond donors (Lipinski definition) is 4. The number of hydrogen-bond acceptors (Lipinski definition) is 13. The molecule has 6 rings (SSSR count). The van der Waals surface area contributed by atoms with Gasteiger partial charge in [0.2, 0.25) is 11.8 Å². The monoisotopic (exact) mass is 670 g/mol. The van der Waals surface area contributed by atoms with Crippen LogP contribution < -0.4 is 20.1 Å². The molecule has 0 amide bonds. The zero-order valence-corrected chi connectivity index (χ0v) is 27.0. The molecule has 2 aromatic heterocycles. The first-order chi connectivity index (χ1) is 22.6. The van der Waals surface area contributed by atoms with Crippen LogP contribution in [0.4, 0.5) is 5.95 Å². The van der Waals surface area contributed by atoms with Gasteiger partial charge in [0.05, 0.1) is 26.1 Å². The molecule has 16 heteroatoms. The van der Waals surface area contributed by atoms with Gasteiger partial charge in [-0.1, -0.05) is 55.7 Å². The van der Waals surface area contributed by atoms with Gasteiger partial charge in [0.1, 0.15) is 29.6 Å². The van der Waals surface area contributed by atoms with E-state index in [9.17, 15) is 19.6 Å². The van der Waals surface area contributed by atoms with Crippen molar-refractivity contribution in [3.8, 4) is 11.6 Å². The molecule has 4 aromatic rings. The fraction of sp³-hybridized carbons (Fsp3) is 0.484. The van der Waals surface area contributed by atoms with E-state index in [2.05, 4.69) is 20.0 Å². The molecular weight excluding hydrogens is 631 g/mol. The number of benzene rings is 2. The molecule has 5 N–H and O–H groups in total. The summed E-state index contributed by atoms with van der Waals surface area (Å²) in [7, 11) is -4.35. The number of ether oxygens (including phenoxy) is 3. The highest BCUT2D eigenvalue weighted by Gasteiger charge is 2.54. The van der Waals surface area contributed by atoms with Crippen LogP contribution in [-0.2, 0) is 23.4 Å². The molecule has 0 aliphatic carbocycles. The van der Waals surface area contributed by atoms with Gasteiger partial charge in [-0.25, -0.2) is 9.55 Å². The van der Waals surface area contributed by atoms with Crippen molar-refractivity contribution < 1.29 is 42.8 Å². The van der Waals surface area contributed by atoms with E-state index in [0.29, 0.717) is 23.9 Å². The van der Waals surface area contributed by atoms with Crippen molar-refractivity contribution >= 4 is 41.6 Å². The van der Waals surface area contributed by atoms with Crippen LogP contribution in [0.15, 0.2) is 48.8 Å². The van der Waals surface area contributed by atoms with Gasteiger partial charge in [0, 0.05) is 5.39 Å². The van der Waals surface area contributed by atoms with Crippen LogP contribution in [0.25, 0.3) is 21.9 Å². The molecule has 252 valence electrons. The second-order valence-corrected chi connectivity index (χ2v) is 13.6. The first-order valence-electron chi connectivity index (χ1n) is 15.6. The molecule has 0 saturated carbocycles. The minimum Gasteiger partial charge on any atom is -0.476 e. The van der Waals surface area contributed by atoms with Gasteiger partial charge in [-0.3, -0.25) is 13.9 Å². The summed E-state index contributed by atoms with van der Waals surface area (Å²) in [6.45, 7) is 2.95. The first kappa shape index (κ1) is 33.1. The Morgan fingerprint density at radius 3 is 2.60 bits per heavy atom. The molecule has 1 fully saturated rings. The Balaban J connectivity index is 1.32. The van der Waals surface area contributed by atoms with E-state index in [1.807, 2.05) is 24.3 Å². The number of esters is 1. The number of fused-ring (bicyclic) bond motifs is 4. The number of anilines is 1. The number of carbonyl (C=O) groups is 1. The summed E-state index contributed by atoms with van der Waals surface area (Å²) in [5.41, 5.74) is 4.65. The molecule has 6 atom stereocenters. The number of cyclic esters (lactones) is 1. The highest BCUT2D eigenvalue weighted by atomic mass is 31.2. The Bertz CT molecular complexity index is 1780. The van der Waals surface area contributed by atoms with Crippen LogP contribution in [0, 0.1) is 0 Å². The van der Waals surface area contributed by atoms with Crippen LogP contribution in [0.2, 0.25) is 0 Å². The summed E-state index contributed by atoms with van der Waals surface area (Å²) in [4.78, 5) is 25.8. The molecule has 2 aliphatic rings. The van der Waals surface area contributed by atoms with Gasteiger partial charge in [0.25, 0.3) is 0 Å². The average Bonchev–Trinajstić information content (AvgIpc) is 3.55. The predicted octanol–water partition coefficient (Wildman–Crippen LogP) is 3.64. The number of imidazole rings is 1. The highest BCUT2D eigenvalue weighted by Crippen LogP contribution is 2.48. The molecule has 15 nitrogen and oxygen atoms in total. The number of carbonyl (C=O) groups excluding carboxylic acids is 1. The zero-order chi connectivity index (χ0) is 33.2. The van der Waals surface area contributed by atoms with Gasteiger partial charge in [-0.15, -0.1) is 0 Å². The average molecular weight is 671 g/mol. The number of rotatable bonds is 2. The van der Waals surface area contributed by atoms with Crippen molar-refractivity contribution in [2.45, 2.75) is 76.0 Å². The topological polar surface area (TPSA) is 202 Å². The SMILES string of the molecule is CC1NP(=O)(Oc2cccc3ccccc23)OCC2OC(n3cnc4c(nc(N)nc43)OCCCCCCCOC1=O)C(C)(O)C2O. The molecule has 2 aromatic carbocycles. The van der Waals surface area contributed by atoms with Crippen LogP contribution in [0.5, 0.6) is 11.6 Å². The lowest BCUT2D eigenvalue weighted by molar-refractivity contribution is -0.145. The normalized spacial score (nSPS) is 29.9. The fourth-order valence-corrected chi connectivity index (χ4v) is 7.23. The quantitative estimate of drug-likeness (QED) is 0.178. The molecule has 4 heterocycles. The number of aromatic nitrogens is 4. The summed E-state index contributed by atoms with van der Waals surface area (Å²) in [5, 5.41) is 26.9. The Morgan fingerprint density at radius 1 is 1.06 bits per heavy atom. The van der Waals surface area contributed by atoms with Gasteiger partial charge in [-0.05, 0) is 38.1 Å². The highest BCUT2D eigenvalue weighted by molar-refractivity contribution is 7.52. The Kier molecular flexibility index (Phi) is 9.65.